The van der Waals surface area contributed by atoms with Crippen molar-refractivity contribution in [1.82, 2.24) is 0 Å². The van der Waals surface area contributed by atoms with Crippen molar-refractivity contribution in [2.24, 2.45) is 0 Å². The highest BCUT2D eigenvalue weighted by Gasteiger charge is 2.45. The zero-order valence-electron chi connectivity index (χ0n) is 52.0. The molecule has 0 radical (unpaired) electrons. The van der Waals surface area contributed by atoms with E-state index < -0.39 is 44.3 Å². The molecule has 0 saturated carbocycles. The maximum atomic E-state index is 2.56. The molecule has 0 aliphatic heterocycles. The van der Waals surface area contributed by atoms with E-state index in [1.807, 2.05) is 0 Å². The summed E-state index contributed by atoms with van der Waals surface area (Å²) in [5, 5.41) is 13.2. The predicted octanol–water partition coefficient (Wildman–Crippen LogP) is 17.0. The van der Waals surface area contributed by atoms with E-state index >= 15 is 0 Å². The van der Waals surface area contributed by atoms with Crippen LogP contribution in [0.5, 0.6) is 0 Å². The molecule has 0 saturated heterocycles. The van der Waals surface area contributed by atoms with Crippen molar-refractivity contribution < 1.29 is 0 Å². The predicted molar refractivity (Wildman–Crippen MR) is 361 cm³/mol. The standard InChI is InChI=1S/C72H88P4Si2/c1-41-25-49(9)65(50(10)26-41)73(66-51(11)27-42(2)28-52(66)12)77(74(67-53(13)29-43(3)30-54(67)14)68-55(15)31-44(4)32-56(68)16)78(75(69-57(17)33-45(5)34-58(69)18)70-59(19)35-46(6)36-60(70)20)76(71-61(21)37-47(7)38-62(71)22)72-63(23)39-48(8)40-64(72)24/h25-40H,1-24H3. The van der Waals surface area contributed by atoms with Gasteiger partial charge in [-0.2, -0.15) is 0 Å². The molecule has 0 fully saturated rings. The monoisotopic (exact) mass is 1130 g/mol. The lowest BCUT2D eigenvalue weighted by Crippen LogP contribution is -2.41. The van der Waals surface area contributed by atoms with Gasteiger partial charge in [-0.15, -0.1) is 0 Å². The summed E-state index contributed by atoms with van der Waals surface area (Å²) in [4.78, 5) is 0. The van der Waals surface area contributed by atoms with E-state index in [9.17, 15) is 0 Å². The SMILES string of the molecule is Cc1cc(C)c(P(c2c(C)cc(C)cc2C)[Si](=[Si](P(c2c(C)cc(C)cc2C)c2c(C)cc(C)cc2C)P(c2c(C)cc(C)cc2C)c2c(C)cc(C)cc2C)P(c2c(C)cc(C)cc2C)c2c(C)cc(C)cc2C)c(C)c1. The molecule has 404 valence electrons. The van der Waals surface area contributed by atoms with Crippen molar-refractivity contribution in [1.29, 1.82) is 0 Å². The fraction of sp³-hybridized carbons (Fsp3) is 0.333. The van der Waals surface area contributed by atoms with Gasteiger partial charge in [-0.1, -0.05) is 142 Å². The van der Waals surface area contributed by atoms with Gasteiger partial charge in [-0.25, -0.2) is 0 Å². The molecule has 0 N–H and O–H groups in total. The van der Waals surface area contributed by atoms with Gasteiger partial charge in [0.2, 0.25) is 0 Å². The number of hydrogen-bond acceptors (Lipinski definition) is 0. The van der Waals surface area contributed by atoms with Crippen molar-refractivity contribution in [3.05, 3.63) is 231 Å². The minimum absolute atomic E-state index is 1.03. The Balaban J connectivity index is 1.92. The molecular formula is C72H88P4Si2. The third-order valence-corrected chi connectivity index (χ3v) is 68.5. The normalized spacial score (nSPS) is 11.8. The van der Waals surface area contributed by atoms with Crippen LogP contribution in [0.25, 0.3) is 0 Å². The number of hydrogen-bond donors (Lipinski definition) is 0. The van der Waals surface area contributed by atoms with Crippen molar-refractivity contribution in [3.8, 4) is 0 Å². The van der Waals surface area contributed by atoms with Gasteiger partial charge in [0.05, 0.1) is 14.5 Å². The molecule has 0 atom stereocenters. The lowest BCUT2D eigenvalue weighted by Gasteiger charge is -2.43. The van der Waals surface area contributed by atoms with Gasteiger partial charge < -0.3 is 0 Å². The van der Waals surface area contributed by atoms with Crippen LogP contribution in [0.1, 0.15) is 134 Å². The highest BCUT2D eigenvalue weighted by atomic mass is 31.8. The first-order chi connectivity index (χ1) is 36.6. The van der Waals surface area contributed by atoms with Crippen molar-refractivity contribution >= 4 is 86.8 Å². The van der Waals surface area contributed by atoms with Crippen molar-refractivity contribution in [2.45, 2.75) is 166 Å². The highest BCUT2D eigenvalue weighted by Crippen LogP contribution is 2.63. The fourth-order valence-electron chi connectivity index (χ4n) is 14.1. The topological polar surface area (TPSA) is 0 Å². The van der Waals surface area contributed by atoms with Gasteiger partial charge in [-0.05, 0) is 327 Å². The van der Waals surface area contributed by atoms with Crippen LogP contribution in [0.15, 0.2) is 97.1 Å². The first kappa shape index (κ1) is 60.0. The van der Waals surface area contributed by atoms with Gasteiger partial charge in [-0.3, -0.25) is 0 Å². The first-order valence-electron chi connectivity index (χ1n) is 28.2. The largest absolute Gasteiger partial charge is 0.0798 e. The average Bonchev–Trinajstić information content (AvgIpc) is 3.26. The second-order valence-corrected chi connectivity index (χ2v) is 52.4. The number of rotatable bonds is 12. The molecule has 0 unspecified atom stereocenters. The van der Waals surface area contributed by atoms with Gasteiger partial charge in [0.25, 0.3) is 0 Å². The van der Waals surface area contributed by atoms with Crippen LogP contribution in [-0.4, -0.2) is 14.5 Å². The molecule has 78 heavy (non-hydrogen) atoms. The quantitative estimate of drug-likeness (QED) is 0.0845. The zero-order valence-corrected chi connectivity index (χ0v) is 57.6. The lowest BCUT2D eigenvalue weighted by molar-refractivity contribution is 1.34. The Labute approximate surface area is 480 Å². The summed E-state index contributed by atoms with van der Waals surface area (Å²) in [6.07, 6.45) is 0. The Kier molecular flexibility index (Phi) is 18.3. The molecule has 8 aromatic carbocycles. The van der Waals surface area contributed by atoms with E-state index in [-0.39, 0.29) is 0 Å². The van der Waals surface area contributed by atoms with Crippen molar-refractivity contribution in [3.63, 3.8) is 0 Å². The lowest BCUT2D eigenvalue weighted by atomic mass is 10.1. The van der Waals surface area contributed by atoms with Crippen LogP contribution in [-0.2, 0) is 0 Å². The Morgan fingerprint density at radius 1 is 0.154 bits per heavy atom. The van der Waals surface area contributed by atoms with E-state index in [1.165, 1.54) is 134 Å². The van der Waals surface area contributed by atoms with E-state index in [2.05, 4.69) is 263 Å². The Hall–Kier alpha value is -4.09. The van der Waals surface area contributed by atoms with E-state index in [0.29, 0.717) is 0 Å². The van der Waals surface area contributed by atoms with Gasteiger partial charge in [0.15, 0.2) is 0 Å². The minimum atomic E-state index is -1.77. The van der Waals surface area contributed by atoms with Gasteiger partial charge in [0, 0.05) is 0 Å². The Morgan fingerprint density at radius 3 is 0.308 bits per heavy atom. The van der Waals surface area contributed by atoms with Crippen LogP contribution in [0.2, 0.25) is 0 Å². The third-order valence-electron chi connectivity index (χ3n) is 15.9. The fourth-order valence-corrected chi connectivity index (χ4v) is 89.4. The van der Waals surface area contributed by atoms with E-state index in [4.69, 9.17) is 0 Å². The van der Waals surface area contributed by atoms with E-state index in [1.54, 1.807) is 42.4 Å². The van der Waals surface area contributed by atoms with Crippen LogP contribution >= 0.6 is 29.9 Å². The summed E-state index contributed by atoms with van der Waals surface area (Å²) in [7, 11) is -7.66. The van der Waals surface area contributed by atoms with Gasteiger partial charge in [0.1, 0.15) is 0 Å². The zero-order chi connectivity index (χ0) is 57.3. The molecule has 0 aliphatic rings. The second kappa shape index (κ2) is 23.8. The molecule has 0 bridgehead atoms. The summed E-state index contributed by atoms with van der Waals surface area (Å²) in [6, 6.07) is 41.0. The molecule has 0 aromatic heterocycles. The molecule has 0 nitrogen and oxygen atoms in total. The summed E-state index contributed by atoms with van der Waals surface area (Å²) < 4.78 is 0. The molecule has 0 amide bonds. The van der Waals surface area contributed by atoms with Crippen LogP contribution in [0, 0.1) is 166 Å². The average molecular weight is 1130 g/mol. The molecule has 8 aromatic rings. The summed E-state index contributed by atoms with van der Waals surface area (Å²) in [5.41, 5.74) is 34.4. The van der Waals surface area contributed by atoms with Crippen molar-refractivity contribution in [2.75, 3.05) is 0 Å². The molecule has 8 rings (SSSR count). The Morgan fingerprint density at radius 2 is 0.231 bits per heavy atom. The number of benzene rings is 8. The minimum Gasteiger partial charge on any atom is -0.0557 e. The summed E-state index contributed by atoms with van der Waals surface area (Å²) in [6.45, 7) is 58.6. The number of aryl methyl sites for hydroxylation is 24. The van der Waals surface area contributed by atoms with Crippen LogP contribution in [0.4, 0.5) is 0 Å². The molecule has 6 heteroatoms. The van der Waals surface area contributed by atoms with E-state index in [0.717, 1.165) is 0 Å². The smallest absolute Gasteiger partial charge is 0.0557 e. The molecule has 0 spiro atoms. The van der Waals surface area contributed by atoms with Gasteiger partial charge >= 0.3 is 0 Å². The van der Waals surface area contributed by atoms with Crippen LogP contribution in [0.3, 0.4) is 0 Å². The molecule has 0 heterocycles. The first-order valence-corrected chi connectivity index (χ1v) is 40.9. The Bertz CT molecular complexity index is 2860. The second-order valence-electron chi connectivity index (χ2n) is 24.0. The molecule has 0 aliphatic carbocycles. The third kappa shape index (κ3) is 11.7. The maximum Gasteiger partial charge on any atom is 0.0798 e. The summed E-state index contributed by atoms with van der Waals surface area (Å²) >= 11 is 0. The highest BCUT2D eigenvalue weighted by molar-refractivity contribution is 8.44. The molecular weight excluding hydrogens is 1040 g/mol. The van der Waals surface area contributed by atoms with Crippen LogP contribution < -0.4 is 42.4 Å². The maximum absolute atomic E-state index is 2.56. The summed E-state index contributed by atoms with van der Waals surface area (Å²) in [5.74, 6) is 0.